The van der Waals surface area contributed by atoms with Crippen LogP contribution in [-0.4, -0.2) is 25.9 Å². The molecule has 3 aromatic carbocycles. The lowest BCUT2D eigenvalue weighted by Crippen LogP contribution is -2.31. The number of fused-ring (bicyclic) bond motifs is 1. The highest BCUT2D eigenvalue weighted by Crippen LogP contribution is 2.31. The van der Waals surface area contributed by atoms with Crippen LogP contribution in [0, 0.1) is 0 Å². The molecule has 1 aromatic heterocycles. The molecule has 1 N–H and O–H groups in total. The molecule has 0 fully saturated rings. The van der Waals surface area contributed by atoms with Crippen LogP contribution >= 0.6 is 11.6 Å². The topological polar surface area (TPSA) is 79.4 Å². The Hall–Kier alpha value is -3.42. The molecule has 0 unspecified atom stereocenters. The number of hydrogen-bond acceptors (Lipinski definition) is 4. The lowest BCUT2D eigenvalue weighted by Gasteiger charge is -2.23. The Morgan fingerprint density at radius 3 is 2.53 bits per heavy atom. The Morgan fingerprint density at radius 2 is 1.78 bits per heavy atom. The highest BCUT2D eigenvalue weighted by molar-refractivity contribution is 7.93. The molecule has 0 aliphatic rings. The van der Waals surface area contributed by atoms with E-state index in [-0.39, 0.29) is 22.4 Å². The van der Waals surface area contributed by atoms with Crippen molar-refractivity contribution in [2.75, 3.05) is 16.2 Å². The van der Waals surface area contributed by atoms with Crippen molar-refractivity contribution in [3.05, 3.63) is 95.6 Å². The van der Waals surface area contributed by atoms with E-state index in [0.717, 1.165) is 0 Å². The fourth-order valence-corrected chi connectivity index (χ4v) is 5.46. The van der Waals surface area contributed by atoms with Crippen LogP contribution in [0.3, 0.4) is 0 Å². The Kier molecular flexibility index (Phi) is 6.12. The molecule has 1 amide bonds. The first-order valence-corrected chi connectivity index (χ1v) is 11.8. The lowest BCUT2D eigenvalue weighted by atomic mass is 10.1. The van der Waals surface area contributed by atoms with Gasteiger partial charge in [0.2, 0.25) is 0 Å². The lowest BCUT2D eigenvalue weighted by molar-refractivity contribution is 0.102. The molecule has 0 bridgehead atoms. The van der Waals surface area contributed by atoms with Crippen LogP contribution in [0.5, 0.6) is 0 Å². The van der Waals surface area contributed by atoms with Crippen molar-refractivity contribution in [2.24, 2.45) is 0 Å². The summed E-state index contributed by atoms with van der Waals surface area (Å²) in [6.07, 6.45) is 1.66. The number of amides is 1. The third kappa shape index (κ3) is 4.17. The molecule has 4 rings (SSSR count). The Balaban J connectivity index is 1.69. The predicted molar refractivity (Wildman–Crippen MR) is 128 cm³/mol. The quantitative estimate of drug-likeness (QED) is 0.416. The van der Waals surface area contributed by atoms with E-state index >= 15 is 0 Å². The van der Waals surface area contributed by atoms with Crippen molar-refractivity contribution in [3.8, 4) is 0 Å². The second kappa shape index (κ2) is 8.98. The van der Waals surface area contributed by atoms with Gasteiger partial charge in [-0.1, -0.05) is 41.9 Å². The number of rotatable bonds is 6. The summed E-state index contributed by atoms with van der Waals surface area (Å²) < 4.78 is 28.0. The molecule has 6 nitrogen and oxygen atoms in total. The van der Waals surface area contributed by atoms with Gasteiger partial charge in [0.25, 0.3) is 15.9 Å². The number of pyridine rings is 1. The number of halogens is 1. The third-order valence-electron chi connectivity index (χ3n) is 4.98. The second-order valence-electron chi connectivity index (χ2n) is 6.98. The number of nitrogens with one attached hydrogen (secondary N) is 1. The largest absolute Gasteiger partial charge is 0.322 e. The van der Waals surface area contributed by atoms with Gasteiger partial charge in [-0.25, -0.2) is 8.42 Å². The highest BCUT2D eigenvalue weighted by Gasteiger charge is 2.26. The summed E-state index contributed by atoms with van der Waals surface area (Å²) in [6.45, 7) is 1.97. The van der Waals surface area contributed by atoms with E-state index in [9.17, 15) is 13.2 Å². The molecule has 0 aliphatic heterocycles. The Morgan fingerprint density at radius 1 is 1.00 bits per heavy atom. The molecule has 32 heavy (non-hydrogen) atoms. The number of benzene rings is 3. The maximum absolute atomic E-state index is 13.4. The molecule has 8 heteroatoms. The molecule has 0 radical (unpaired) electrons. The summed E-state index contributed by atoms with van der Waals surface area (Å²) in [7, 11) is -3.95. The van der Waals surface area contributed by atoms with Gasteiger partial charge in [-0.3, -0.25) is 14.1 Å². The van der Waals surface area contributed by atoms with E-state index in [1.807, 2.05) is 18.2 Å². The maximum Gasteiger partial charge on any atom is 0.265 e. The average Bonchev–Trinajstić information content (AvgIpc) is 2.80. The summed E-state index contributed by atoms with van der Waals surface area (Å²) in [4.78, 5) is 17.1. The standard InChI is InChI=1S/C24H20ClN3O3S/c1-2-28(18-8-4-3-5-9-18)32(30,31)23-16-17(13-14-21(23)25)27-24(29)20-10-6-12-22-19(20)11-7-15-26-22/h3-16H,2H2,1H3,(H,27,29). The predicted octanol–water partition coefficient (Wildman–Crippen LogP) is 5.36. The van der Waals surface area contributed by atoms with E-state index in [1.54, 1.807) is 61.7 Å². The summed E-state index contributed by atoms with van der Waals surface area (Å²) in [6, 6.07) is 22.0. The molecule has 4 aromatic rings. The molecule has 0 saturated carbocycles. The molecule has 0 atom stereocenters. The first-order valence-electron chi connectivity index (χ1n) is 9.94. The van der Waals surface area contributed by atoms with Gasteiger partial charge < -0.3 is 5.32 Å². The van der Waals surface area contributed by atoms with Crippen LogP contribution in [0.1, 0.15) is 17.3 Å². The zero-order valence-electron chi connectivity index (χ0n) is 17.2. The van der Waals surface area contributed by atoms with E-state index in [1.165, 1.54) is 16.4 Å². The van der Waals surface area contributed by atoms with Crippen LogP contribution in [0.15, 0.2) is 90.0 Å². The summed E-state index contributed by atoms with van der Waals surface area (Å²) >= 11 is 6.27. The van der Waals surface area contributed by atoms with Gasteiger partial charge in [-0.05, 0) is 55.5 Å². The van der Waals surface area contributed by atoms with E-state index < -0.39 is 10.0 Å². The van der Waals surface area contributed by atoms with Crippen LogP contribution < -0.4 is 9.62 Å². The summed E-state index contributed by atoms with van der Waals surface area (Å²) in [5, 5.41) is 3.56. The van der Waals surface area contributed by atoms with Crippen molar-refractivity contribution in [3.63, 3.8) is 0 Å². The number of sulfonamides is 1. The average molecular weight is 466 g/mol. The summed E-state index contributed by atoms with van der Waals surface area (Å²) in [5.41, 5.74) is 1.99. The van der Waals surface area contributed by atoms with Crippen LogP contribution in [0.2, 0.25) is 5.02 Å². The van der Waals surface area contributed by atoms with Gasteiger partial charge in [0.15, 0.2) is 0 Å². The smallest absolute Gasteiger partial charge is 0.265 e. The number of aromatic nitrogens is 1. The van der Waals surface area contributed by atoms with Gasteiger partial charge in [0, 0.05) is 29.4 Å². The van der Waals surface area contributed by atoms with Crippen molar-refractivity contribution < 1.29 is 13.2 Å². The number of carbonyl (C=O) groups is 1. The number of carbonyl (C=O) groups excluding carboxylic acids is 1. The maximum atomic E-state index is 13.4. The number of para-hydroxylation sites is 1. The minimum Gasteiger partial charge on any atom is -0.322 e. The van der Waals surface area contributed by atoms with Crippen molar-refractivity contribution in [1.29, 1.82) is 0 Å². The Bertz CT molecular complexity index is 1390. The van der Waals surface area contributed by atoms with Crippen LogP contribution in [0.25, 0.3) is 10.9 Å². The minimum absolute atomic E-state index is 0.0757. The fourth-order valence-electron chi connectivity index (χ4n) is 3.48. The van der Waals surface area contributed by atoms with Crippen molar-refractivity contribution in [1.82, 2.24) is 4.98 Å². The third-order valence-corrected chi connectivity index (χ3v) is 7.36. The molecule has 0 saturated heterocycles. The second-order valence-corrected chi connectivity index (χ2v) is 9.22. The molecule has 162 valence electrons. The zero-order chi connectivity index (χ0) is 22.7. The molecule has 1 heterocycles. The highest BCUT2D eigenvalue weighted by atomic mass is 35.5. The van der Waals surface area contributed by atoms with Gasteiger partial charge >= 0.3 is 0 Å². The monoisotopic (exact) mass is 465 g/mol. The number of anilines is 2. The van der Waals surface area contributed by atoms with Crippen molar-refractivity contribution in [2.45, 2.75) is 11.8 Å². The van der Waals surface area contributed by atoms with Gasteiger partial charge in [-0.15, -0.1) is 0 Å². The number of nitrogens with zero attached hydrogens (tertiary/aromatic N) is 2. The van der Waals surface area contributed by atoms with Gasteiger partial charge in [-0.2, -0.15) is 0 Å². The fraction of sp³-hybridized carbons (Fsp3) is 0.0833. The molecular weight excluding hydrogens is 446 g/mol. The van der Waals surface area contributed by atoms with E-state index in [2.05, 4.69) is 10.3 Å². The zero-order valence-corrected chi connectivity index (χ0v) is 18.8. The number of hydrogen-bond donors (Lipinski definition) is 1. The normalized spacial score (nSPS) is 11.3. The summed E-state index contributed by atoms with van der Waals surface area (Å²) in [5.74, 6) is -0.371. The van der Waals surface area contributed by atoms with E-state index in [4.69, 9.17) is 11.6 Å². The Labute approximate surface area is 191 Å². The first kappa shape index (κ1) is 21.8. The van der Waals surface area contributed by atoms with Gasteiger partial charge in [0.1, 0.15) is 4.90 Å². The minimum atomic E-state index is -3.95. The molecule has 0 spiro atoms. The van der Waals surface area contributed by atoms with Gasteiger partial charge in [0.05, 0.1) is 16.2 Å². The van der Waals surface area contributed by atoms with Crippen LogP contribution in [-0.2, 0) is 10.0 Å². The first-order chi connectivity index (χ1) is 15.4. The van der Waals surface area contributed by atoms with Crippen LogP contribution in [0.4, 0.5) is 11.4 Å². The van der Waals surface area contributed by atoms with Crippen molar-refractivity contribution >= 4 is 49.8 Å². The van der Waals surface area contributed by atoms with E-state index in [0.29, 0.717) is 27.8 Å². The SMILES string of the molecule is CCN(c1ccccc1)S(=O)(=O)c1cc(NC(=O)c2cccc3ncccc23)ccc1Cl. The molecule has 0 aliphatic carbocycles. The molecular formula is C24H20ClN3O3S.